The van der Waals surface area contributed by atoms with E-state index in [1.807, 2.05) is 0 Å². The summed E-state index contributed by atoms with van der Waals surface area (Å²) in [5.41, 5.74) is 5.69. The lowest BCUT2D eigenvalue weighted by Gasteiger charge is -2.38. The summed E-state index contributed by atoms with van der Waals surface area (Å²) in [6.07, 6.45) is 4.85. The molecule has 4 heteroatoms. The molecule has 4 atom stereocenters. The van der Waals surface area contributed by atoms with Crippen LogP contribution < -0.4 is 10.6 Å². The number of nitrogens with one attached hydrogen (secondary N) is 4. The van der Waals surface area contributed by atoms with E-state index < -0.39 is 0 Å². The van der Waals surface area contributed by atoms with Crippen LogP contribution in [0.15, 0.2) is 24.3 Å². The Balaban J connectivity index is 1.61. The van der Waals surface area contributed by atoms with Crippen molar-refractivity contribution in [2.75, 3.05) is 0 Å². The first-order valence-corrected chi connectivity index (χ1v) is 12.8. The molecule has 5 heterocycles. The number of H-pyrrole nitrogens is 2. The van der Waals surface area contributed by atoms with Crippen LogP contribution in [0.5, 0.6) is 0 Å². The number of aromatic nitrogens is 2. The SMILES string of the molecule is CC1(C)c2ccc([nH]2)C(C)(C)[C@H]2CC[C@@H](N2)C(C)(C)c2ccc([nH]2)C(C)(C)[C@H]2CC[C@@H]1N2. The Bertz CT molecular complexity index is 835. The minimum Gasteiger partial charge on any atom is -0.361 e. The van der Waals surface area contributed by atoms with Gasteiger partial charge in [0, 0.05) is 68.6 Å². The van der Waals surface area contributed by atoms with Crippen molar-refractivity contribution in [1.82, 2.24) is 20.6 Å². The maximum Gasteiger partial charge on any atom is 0.0222 e. The summed E-state index contributed by atoms with van der Waals surface area (Å²) in [6.45, 7) is 19.3. The fourth-order valence-electron chi connectivity index (χ4n) is 6.81. The maximum atomic E-state index is 4.07. The van der Waals surface area contributed by atoms with E-state index in [2.05, 4.69) is 100 Å². The van der Waals surface area contributed by atoms with Crippen molar-refractivity contribution in [2.45, 2.75) is 127 Å². The van der Waals surface area contributed by atoms with Crippen LogP contribution in [0.1, 0.15) is 104 Å². The molecule has 0 aromatic carbocycles. The minimum absolute atomic E-state index is 0.0603. The van der Waals surface area contributed by atoms with E-state index in [-0.39, 0.29) is 21.7 Å². The van der Waals surface area contributed by atoms with Crippen molar-refractivity contribution in [2.24, 2.45) is 0 Å². The van der Waals surface area contributed by atoms with Gasteiger partial charge in [0.05, 0.1) is 0 Å². The first kappa shape index (κ1) is 22.3. The van der Waals surface area contributed by atoms with Crippen LogP contribution in [-0.4, -0.2) is 34.1 Å². The fraction of sp³-hybridized carbons (Fsp3) is 0.714. The number of aromatic amines is 2. The third-order valence-corrected chi connectivity index (χ3v) is 9.93. The van der Waals surface area contributed by atoms with Crippen molar-refractivity contribution in [3.63, 3.8) is 0 Å². The van der Waals surface area contributed by atoms with E-state index in [1.165, 1.54) is 48.5 Å². The van der Waals surface area contributed by atoms with Crippen molar-refractivity contribution in [3.05, 3.63) is 47.0 Å². The number of hydrogen-bond donors (Lipinski definition) is 4. The molecule has 3 aliphatic rings. The Kier molecular flexibility index (Phi) is 4.87. The molecule has 2 aromatic heterocycles. The van der Waals surface area contributed by atoms with Crippen molar-refractivity contribution >= 4 is 0 Å². The van der Waals surface area contributed by atoms with E-state index >= 15 is 0 Å². The number of rotatable bonds is 0. The molecule has 2 saturated heterocycles. The molecule has 2 aromatic rings. The van der Waals surface area contributed by atoms with Gasteiger partial charge in [-0.3, -0.25) is 0 Å². The molecule has 0 spiro atoms. The predicted molar refractivity (Wildman–Crippen MR) is 134 cm³/mol. The van der Waals surface area contributed by atoms with E-state index in [1.54, 1.807) is 0 Å². The Morgan fingerprint density at radius 1 is 0.469 bits per heavy atom. The third kappa shape index (κ3) is 3.16. The first-order chi connectivity index (χ1) is 14.8. The average molecular weight is 437 g/mol. The highest BCUT2D eigenvalue weighted by atomic mass is 15.1. The van der Waals surface area contributed by atoms with Gasteiger partial charge in [-0.05, 0) is 49.9 Å². The molecule has 32 heavy (non-hydrogen) atoms. The van der Waals surface area contributed by atoms with Crippen LogP contribution in [0, 0.1) is 0 Å². The lowest BCUT2D eigenvalue weighted by atomic mass is 9.80. The van der Waals surface area contributed by atoms with E-state index in [9.17, 15) is 0 Å². The van der Waals surface area contributed by atoms with Gasteiger partial charge >= 0.3 is 0 Å². The molecule has 0 amide bonds. The Morgan fingerprint density at radius 3 is 0.906 bits per heavy atom. The van der Waals surface area contributed by atoms with Crippen LogP contribution in [-0.2, 0) is 21.7 Å². The standard InChI is InChI=1S/C28H44N4/c1-25(2)17-9-11-19(29-17)26(3,4)21-13-15-23(31-21)28(7,8)24-16-14-22(32-24)27(5,6)20-12-10-18(25)30-20/h9,11,14,16,18,20-21,23,29-32H,10,12-13,15H2,1-8H3/t18-,20-,21-,23+/m1/s1. The van der Waals surface area contributed by atoms with Crippen LogP contribution in [0.4, 0.5) is 0 Å². The Labute approximate surface area is 194 Å². The molecule has 5 rings (SSSR count). The van der Waals surface area contributed by atoms with Gasteiger partial charge in [0.2, 0.25) is 0 Å². The largest absolute Gasteiger partial charge is 0.361 e. The van der Waals surface area contributed by atoms with Gasteiger partial charge in [0.25, 0.3) is 0 Å². The smallest absolute Gasteiger partial charge is 0.0222 e. The Hall–Kier alpha value is -1.52. The minimum atomic E-state index is 0.0603. The second-order valence-electron chi connectivity index (χ2n) is 13.2. The maximum absolute atomic E-state index is 4.07. The molecule has 2 fully saturated rings. The Morgan fingerprint density at radius 2 is 0.688 bits per heavy atom. The average Bonchev–Trinajstić information content (AvgIpc) is 3.53. The lowest BCUT2D eigenvalue weighted by molar-refractivity contribution is 0.298. The lowest BCUT2D eigenvalue weighted by Crippen LogP contribution is -2.50. The topological polar surface area (TPSA) is 55.6 Å². The van der Waals surface area contributed by atoms with Gasteiger partial charge < -0.3 is 20.6 Å². The summed E-state index contributed by atoms with van der Waals surface area (Å²) in [5.74, 6) is 0. The normalized spacial score (nSPS) is 34.5. The molecular weight excluding hydrogens is 392 g/mol. The molecule has 0 unspecified atom stereocenters. The fourth-order valence-corrected chi connectivity index (χ4v) is 6.81. The van der Waals surface area contributed by atoms with Crippen LogP contribution >= 0.6 is 0 Å². The van der Waals surface area contributed by atoms with Crippen LogP contribution in [0.3, 0.4) is 0 Å². The molecule has 4 nitrogen and oxygen atoms in total. The quantitative estimate of drug-likeness (QED) is 0.446. The zero-order valence-electron chi connectivity index (χ0n) is 21.4. The first-order valence-electron chi connectivity index (χ1n) is 12.8. The highest BCUT2D eigenvalue weighted by Crippen LogP contribution is 2.43. The number of hydrogen-bond acceptors (Lipinski definition) is 2. The summed E-state index contributed by atoms with van der Waals surface area (Å²) < 4.78 is 0. The van der Waals surface area contributed by atoms with Gasteiger partial charge in [-0.1, -0.05) is 55.4 Å². The molecule has 3 aliphatic heterocycles. The van der Waals surface area contributed by atoms with Crippen LogP contribution in [0.2, 0.25) is 0 Å². The second-order valence-corrected chi connectivity index (χ2v) is 13.2. The van der Waals surface area contributed by atoms with E-state index in [0.717, 1.165) is 0 Å². The molecule has 176 valence electrons. The van der Waals surface area contributed by atoms with Gasteiger partial charge in [0.15, 0.2) is 0 Å². The third-order valence-electron chi connectivity index (χ3n) is 9.93. The van der Waals surface area contributed by atoms with Gasteiger partial charge in [-0.2, -0.15) is 0 Å². The van der Waals surface area contributed by atoms with Crippen molar-refractivity contribution < 1.29 is 0 Å². The second kappa shape index (κ2) is 6.99. The summed E-state index contributed by atoms with van der Waals surface area (Å²) in [7, 11) is 0. The van der Waals surface area contributed by atoms with Gasteiger partial charge in [0.1, 0.15) is 0 Å². The van der Waals surface area contributed by atoms with Crippen molar-refractivity contribution in [3.8, 4) is 0 Å². The van der Waals surface area contributed by atoms with Crippen molar-refractivity contribution in [1.29, 1.82) is 0 Å². The monoisotopic (exact) mass is 436 g/mol. The van der Waals surface area contributed by atoms with Gasteiger partial charge in [-0.15, -0.1) is 0 Å². The molecule has 0 saturated carbocycles. The summed E-state index contributed by atoms with van der Waals surface area (Å²) in [6, 6.07) is 11.3. The van der Waals surface area contributed by atoms with Crippen LogP contribution in [0.25, 0.3) is 0 Å². The van der Waals surface area contributed by atoms with Gasteiger partial charge in [-0.25, -0.2) is 0 Å². The highest BCUT2D eigenvalue weighted by Gasteiger charge is 2.47. The molecule has 0 radical (unpaired) electrons. The summed E-state index contributed by atoms with van der Waals surface area (Å²) >= 11 is 0. The zero-order chi connectivity index (χ0) is 23.1. The molecular formula is C28H44N4. The highest BCUT2D eigenvalue weighted by molar-refractivity contribution is 5.33. The summed E-state index contributed by atoms with van der Waals surface area (Å²) in [4.78, 5) is 7.79. The van der Waals surface area contributed by atoms with E-state index in [0.29, 0.717) is 24.2 Å². The molecule has 0 aliphatic carbocycles. The number of fused-ring (bicyclic) bond motifs is 8. The predicted octanol–water partition coefficient (Wildman–Crippen LogP) is 5.41. The molecule has 8 bridgehead atoms. The zero-order valence-corrected chi connectivity index (χ0v) is 21.4. The summed E-state index contributed by atoms with van der Waals surface area (Å²) in [5, 5.41) is 8.14. The van der Waals surface area contributed by atoms with E-state index in [4.69, 9.17) is 0 Å². The molecule has 4 N–H and O–H groups in total.